The second-order valence-corrected chi connectivity index (χ2v) is 6.06. The van der Waals surface area contributed by atoms with E-state index in [2.05, 4.69) is 58.7 Å². The molecule has 1 heterocycles. The molecule has 0 saturated heterocycles. The average molecular weight is 343 g/mol. The van der Waals surface area contributed by atoms with Gasteiger partial charge in [0.2, 0.25) is 0 Å². The summed E-state index contributed by atoms with van der Waals surface area (Å²) in [5, 5.41) is 15.9. The Morgan fingerprint density at radius 1 is 0.962 bits per heavy atom. The van der Waals surface area contributed by atoms with Crippen LogP contribution in [0.5, 0.6) is 0 Å². The molecule has 2 aromatic carbocycles. The lowest BCUT2D eigenvalue weighted by atomic mass is 10.1. The molecule has 3 rings (SSSR count). The average Bonchev–Trinajstić information content (AvgIpc) is 2.63. The number of aryl methyl sites for hydroxylation is 3. The lowest BCUT2D eigenvalue weighted by Crippen LogP contribution is -2.04. The largest absolute Gasteiger partial charge is 0.340 e. The molecule has 1 aromatic heterocycles. The number of nitrogens with zero attached hydrogens (tertiary/aromatic N) is 3. The maximum atomic E-state index is 9.25. The summed E-state index contributed by atoms with van der Waals surface area (Å²) in [5.41, 5.74) is 4.79. The van der Waals surface area contributed by atoms with Crippen LogP contribution in [-0.4, -0.2) is 9.97 Å². The molecule has 0 atom stereocenters. The van der Waals surface area contributed by atoms with Gasteiger partial charge < -0.3 is 10.6 Å². The minimum atomic E-state index is 0.574. The molecule has 2 N–H and O–H groups in total. The standard InChI is InChI=1S/C21H21N5/c1-4-16-10-7-8-14(2)21(16)26-20-12-19(23-15(3)24-20)25-18-11-6-5-9-17(18)13-22/h5-12H,4H2,1-3H3,(H2,23,24,25,26). The number of para-hydroxylation sites is 2. The lowest BCUT2D eigenvalue weighted by molar-refractivity contribution is 1.05. The third-order valence-corrected chi connectivity index (χ3v) is 4.14. The van der Waals surface area contributed by atoms with Gasteiger partial charge in [0.05, 0.1) is 11.3 Å². The Kier molecular flexibility index (Phi) is 5.14. The molecule has 0 aliphatic rings. The zero-order valence-electron chi connectivity index (χ0n) is 15.2. The van der Waals surface area contributed by atoms with Gasteiger partial charge in [0.15, 0.2) is 0 Å². The smallest absolute Gasteiger partial charge is 0.136 e. The Labute approximate surface area is 153 Å². The van der Waals surface area contributed by atoms with E-state index < -0.39 is 0 Å². The van der Waals surface area contributed by atoms with Crippen molar-refractivity contribution in [3.63, 3.8) is 0 Å². The van der Waals surface area contributed by atoms with Gasteiger partial charge in [0, 0.05) is 11.8 Å². The maximum absolute atomic E-state index is 9.25. The van der Waals surface area contributed by atoms with E-state index in [-0.39, 0.29) is 0 Å². The molecule has 3 aromatic rings. The van der Waals surface area contributed by atoms with Gasteiger partial charge >= 0.3 is 0 Å². The van der Waals surface area contributed by atoms with Crippen molar-refractivity contribution in [3.05, 3.63) is 71.0 Å². The molecule has 26 heavy (non-hydrogen) atoms. The highest BCUT2D eigenvalue weighted by Crippen LogP contribution is 2.26. The summed E-state index contributed by atoms with van der Waals surface area (Å²) >= 11 is 0. The fourth-order valence-electron chi connectivity index (χ4n) is 2.85. The Morgan fingerprint density at radius 3 is 2.42 bits per heavy atom. The number of hydrogen-bond donors (Lipinski definition) is 2. The van der Waals surface area contributed by atoms with E-state index in [1.807, 2.05) is 31.2 Å². The Morgan fingerprint density at radius 2 is 1.69 bits per heavy atom. The second-order valence-electron chi connectivity index (χ2n) is 6.06. The van der Waals surface area contributed by atoms with Gasteiger partial charge in [-0.25, -0.2) is 9.97 Å². The fourth-order valence-corrected chi connectivity index (χ4v) is 2.85. The molecule has 0 saturated carbocycles. The SMILES string of the molecule is CCc1cccc(C)c1Nc1cc(Nc2ccccc2C#N)nc(C)n1. The number of benzene rings is 2. The van der Waals surface area contributed by atoms with E-state index in [0.717, 1.165) is 23.6 Å². The predicted molar refractivity (Wildman–Crippen MR) is 105 cm³/mol. The molecule has 5 heteroatoms. The van der Waals surface area contributed by atoms with Crippen molar-refractivity contribution < 1.29 is 0 Å². The van der Waals surface area contributed by atoms with Crippen molar-refractivity contribution in [1.29, 1.82) is 5.26 Å². The monoisotopic (exact) mass is 343 g/mol. The summed E-state index contributed by atoms with van der Waals surface area (Å²) in [6.07, 6.45) is 0.939. The first-order valence-electron chi connectivity index (χ1n) is 8.58. The van der Waals surface area contributed by atoms with Crippen molar-refractivity contribution in [2.45, 2.75) is 27.2 Å². The van der Waals surface area contributed by atoms with Crippen molar-refractivity contribution >= 4 is 23.0 Å². The minimum absolute atomic E-state index is 0.574. The van der Waals surface area contributed by atoms with Gasteiger partial charge in [0.25, 0.3) is 0 Å². The molecule has 0 aliphatic carbocycles. The molecular formula is C21H21N5. The van der Waals surface area contributed by atoms with Crippen LogP contribution < -0.4 is 10.6 Å². The summed E-state index contributed by atoms with van der Waals surface area (Å²) in [6.45, 7) is 6.07. The van der Waals surface area contributed by atoms with E-state index in [1.54, 1.807) is 6.07 Å². The highest BCUT2D eigenvalue weighted by atomic mass is 15.1. The molecule has 0 aliphatic heterocycles. The van der Waals surface area contributed by atoms with Crippen LogP contribution in [0.3, 0.4) is 0 Å². The first-order valence-corrected chi connectivity index (χ1v) is 8.58. The fraction of sp³-hybridized carbons (Fsp3) is 0.190. The van der Waals surface area contributed by atoms with Crippen LogP contribution in [-0.2, 0) is 6.42 Å². The van der Waals surface area contributed by atoms with E-state index in [1.165, 1.54) is 11.1 Å². The second kappa shape index (κ2) is 7.66. The van der Waals surface area contributed by atoms with Crippen LogP contribution in [0, 0.1) is 25.2 Å². The minimum Gasteiger partial charge on any atom is -0.340 e. The van der Waals surface area contributed by atoms with Gasteiger partial charge in [-0.15, -0.1) is 0 Å². The van der Waals surface area contributed by atoms with Gasteiger partial charge in [-0.05, 0) is 43.5 Å². The molecule has 0 amide bonds. The molecule has 0 unspecified atom stereocenters. The number of rotatable bonds is 5. The van der Waals surface area contributed by atoms with Gasteiger partial charge in [-0.2, -0.15) is 5.26 Å². The van der Waals surface area contributed by atoms with Gasteiger partial charge in [-0.1, -0.05) is 37.3 Å². The highest BCUT2D eigenvalue weighted by Gasteiger charge is 2.09. The molecular weight excluding hydrogens is 322 g/mol. The number of anilines is 4. The van der Waals surface area contributed by atoms with Crippen LogP contribution in [0.25, 0.3) is 0 Å². The summed E-state index contributed by atoms with van der Waals surface area (Å²) in [7, 11) is 0. The van der Waals surface area contributed by atoms with Crippen LogP contribution >= 0.6 is 0 Å². The maximum Gasteiger partial charge on any atom is 0.136 e. The normalized spacial score (nSPS) is 10.2. The molecule has 5 nitrogen and oxygen atoms in total. The Balaban J connectivity index is 1.93. The number of hydrogen-bond acceptors (Lipinski definition) is 5. The number of nitrogens with one attached hydrogen (secondary N) is 2. The van der Waals surface area contributed by atoms with Crippen molar-refractivity contribution in [2.24, 2.45) is 0 Å². The van der Waals surface area contributed by atoms with E-state index >= 15 is 0 Å². The molecule has 0 fully saturated rings. The first kappa shape index (κ1) is 17.4. The molecule has 0 spiro atoms. The Bertz CT molecular complexity index is 972. The summed E-state index contributed by atoms with van der Waals surface area (Å²) in [5.74, 6) is 2.02. The first-order chi connectivity index (χ1) is 12.6. The van der Waals surface area contributed by atoms with Crippen molar-refractivity contribution in [2.75, 3.05) is 10.6 Å². The lowest BCUT2D eigenvalue weighted by Gasteiger charge is -2.15. The topological polar surface area (TPSA) is 73.6 Å². The zero-order chi connectivity index (χ0) is 18.5. The quantitative estimate of drug-likeness (QED) is 0.681. The summed E-state index contributed by atoms with van der Waals surface area (Å²) < 4.78 is 0. The third kappa shape index (κ3) is 3.81. The molecule has 130 valence electrons. The highest BCUT2D eigenvalue weighted by molar-refractivity contribution is 5.69. The van der Waals surface area contributed by atoms with Crippen molar-refractivity contribution in [3.8, 4) is 6.07 Å². The van der Waals surface area contributed by atoms with Crippen LogP contribution in [0.2, 0.25) is 0 Å². The summed E-state index contributed by atoms with van der Waals surface area (Å²) in [6, 6.07) is 17.7. The van der Waals surface area contributed by atoms with Crippen LogP contribution in [0.4, 0.5) is 23.0 Å². The van der Waals surface area contributed by atoms with E-state index in [4.69, 9.17) is 0 Å². The van der Waals surface area contributed by atoms with Crippen LogP contribution in [0.1, 0.15) is 29.4 Å². The predicted octanol–water partition coefficient (Wildman–Crippen LogP) is 5.01. The van der Waals surface area contributed by atoms with Crippen molar-refractivity contribution in [1.82, 2.24) is 9.97 Å². The molecule has 0 bridgehead atoms. The molecule has 0 radical (unpaired) electrons. The zero-order valence-corrected chi connectivity index (χ0v) is 15.2. The number of nitriles is 1. The van der Waals surface area contributed by atoms with Gasteiger partial charge in [-0.3, -0.25) is 0 Å². The Hall–Kier alpha value is -3.39. The third-order valence-electron chi connectivity index (χ3n) is 4.14. The summed E-state index contributed by atoms with van der Waals surface area (Å²) in [4.78, 5) is 8.94. The van der Waals surface area contributed by atoms with E-state index in [0.29, 0.717) is 17.2 Å². The van der Waals surface area contributed by atoms with Crippen LogP contribution in [0.15, 0.2) is 48.5 Å². The van der Waals surface area contributed by atoms with Gasteiger partial charge in [0.1, 0.15) is 23.5 Å². The number of aromatic nitrogens is 2. The van der Waals surface area contributed by atoms with E-state index in [9.17, 15) is 5.26 Å².